The third-order valence-corrected chi connectivity index (χ3v) is 6.87. The molecular formula is C26H24N2O2S2. The van der Waals surface area contributed by atoms with E-state index in [1.54, 1.807) is 23.5 Å². The lowest BCUT2D eigenvalue weighted by molar-refractivity contribution is 0.211. The minimum absolute atomic E-state index is 0.425. The van der Waals surface area contributed by atoms with Crippen LogP contribution in [0.2, 0.25) is 0 Å². The molecule has 0 atom stereocenters. The van der Waals surface area contributed by atoms with Crippen LogP contribution in [0.3, 0.4) is 0 Å². The summed E-state index contributed by atoms with van der Waals surface area (Å²) in [4.78, 5) is 4.04. The second kappa shape index (κ2) is 10.9. The minimum atomic E-state index is 0.425. The van der Waals surface area contributed by atoms with E-state index in [1.165, 1.54) is 0 Å². The van der Waals surface area contributed by atoms with Crippen LogP contribution in [0.15, 0.2) is 117 Å². The van der Waals surface area contributed by atoms with Crippen molar-refractivity contribution >= 4 is 34.9 Å². The Kier molecular flexibility index (Phi) is 7.48. The third kappa shape index (κ3) is 5.72. The van der Waals surface area contributed by atoms with Gasteiger partial charge in [-0.15, -0.1) is 0 Å². The van der Waals surface area contributed by atoms with Crippen molar-refractivity contribution in [2.24, 2.45) is 0 Å². The van der Waals surface area contributed by atoms with E-state index in [-0.39, 0.29) is 0 Å². The molecule has 0 bridgehead atoms. The number of rotatable bonds is 9. The normalized spacial score (nSPS) is 10.6. The summed E-state index contributed by atoms with van der Waals surface area (Å²) >= 11 is 3.19. The molecule has 0 heterocycles. The Morgan fingerprint density at radius 1 is 0.469 bits per heavy atom. The van der Waals surface area contributed by atoms with Crippen LogP contribution < -0.4 is 20.9 Å². The van der Waals surface area contributed by atoms with Crippen LogP contribution in [0.1, 0.15) is 0 Å². The number of ether oxygens (including phenoxy) is 2. The first-order chi connectivity index (χ1) is 15.7. The van der Waals surface area contributed by atoms with Crippen LogP contribution in [0.4, 0.5) is 11.4 Å². The maximum Gasteiger partial charge on any atom is 0.133 e. The predicted molar refractivity (Wildman–Crippen MR) is 134 cm³/mol. The molecule has 32 heavy (non-hydrogen) atoms. The fourth-order valence-electron chi connectivity index (χ4n) is 2.99. The molecule has 162 valence electrons. The van der Waals surface area contributed by atoms with Gasteiger partial charge in [-0.1, -0.05) is 72.1 Å². The third-order valence-electron chi connectivity index (χ3n) is 4.57. The van der Waals surface area contributed by atoms with Crippen LogP contribution in [-0.4, -0.2) is 13.2 Å². The van der Waals surface area contributed by atoms with Gasteiger partial charge in [0.2, 0.25) is 0 Å². The summed E-state index contributed by atoms with van der Waals surface area (Å²) in [5.74, 6) is 1.62. The zero-order chi connectivity index (χ0) is 22.2. The minimum Gasteiger partial charge on any atom is -0.489 e. The number of para-hydroxylation sites is 4. The Labute approximate surface area is 196 Å². The molecular weight excluding hydrogens is 436 g/mol. The van der Waals surface area contributed by atoms with Gasteiger partial charge in [0.05, 0.1) is 9.79 Å². The van der Waals surface area contributed by atoms with E-state index >= 15 is 0 Å². The monoisotopic (exact) mass is 460 g/mol. The van der Waals surface area contributed by atoms with Gasteiger partial charge in [0.15, 0.2) is 0 Å². The second-order valence-electron chi connectivity index (χ2n) is 6.87. The summed E-state index contributed by atoms with van der Waals surface area (Å²) in [5.41, 5.74) is 13.7. The Bertz CT molecular complexity index is 1090. The molecule has 0 unspecified atom stereocenters. The predicted octanol–water partition coefficient (Wildman–Crippen LogP) is 6.61. The zero-order valence-electron chi connectivity index (χ0n) is 17.4. The van der Waals surface area contributed by atoms with Crippen molar-refractivity contribution in [2.45, 2.75) is 19.6 Å². The van der Waals surface area contributed by atoms with Crippen LogP contribution >= 0.6 is 23.5 Å². The van der Waals surface area contributed by atoms with E-state index < -0.39 is 0 Å². The van der Waals surface area contributed by atoms with Crippen molar-refractivity contribution in [3.8, 4) is 11.5 Å². The van der Waals surface area contributed by atoms with Crippen molar-refractivity contribution in [1.29, 1.82) is 0 Å². The lowest BCUT2D eigenvalue weighted by atomic mass is 10.3. The molecule has 0 amide bonds. The zero-order valence-corrected chi connectivity index (χ0v) is 19.1. The van der Waals surface area contributed by atoms with Crippen LogP contribution in [0, 0.1) is 0 Å². The summed E-state index contributed by atoms with van der Waals surface area (Å²) in [6, 6.07) is 31.5. The fourth-order valence-corrected chi connectivity index (χ4v) is 4.88. The maximum absolute atomic E-state index is 6.09. The number of benzene rings is 4. The van der Waals surface area contributed by atoms with Crippen molar-refractivity contribution in [3.63, 3.8) is 0 Å². The molecule has 0 saturated heterocycles. The molecule has 0 aliphatic carbocycles. The van der Waals surface area contributed by atoms with Crippen molar-refractivity contribution in [1.82, 2.24) is 0 Å². The van der Waals surface area contributed by atoms with E-state index in [0.29, 0.717) is 13.2 Å². The number of anilines is 2. The number of nitrogen functional groups attached to an aromatic ring is 2. The first-order valence-electron chi connectivity index (χ1n) is 10.2. The highest BCUT2D eigenvalue weighted by atomic mass is 32.2. The van der Waals surface area contributed by atoms with Crippen molar-refractivity contribution < 1.29 is 9.47 Å². The molecule has 4 N–H and O–H groups in total. The molecule has 0 aliphatic rings. The first-order valence-corrected chi connectivity index (χ1v) is 11.8. The van der Waals surface area contributed by atoms with Gasteiger partial charge in [-0.25, -0.2) is 0 Å². The van der Waals surface area contributed by atoms with Gasteiger partial charge in [-0.05, 0) is 48.5 Å². The number of hydrogen-bond acceptors (Lipinski definition) is 6. The molecule has 0 aromatic heterocycles. The number of hydrogen-bond donors (Lipinski definition) is 2. The van der Waals surface area contributed by atoms with Crippen molar-refractivity contribution in [2.75, 3.05) is 24.7 Å². The van der Waals surface area contributed by atoms with Gasteiger partial charge in [0.25, 0.3) is 0 Å². The van der Waals surface area contributed by atoms with Crippen LogP contribution in [0.5, 0.6) is 11.5 Å². The highest BCUT2D eigenvalue weighted by Gasteiger charge is 2.09. The maximum atomic E-state index is 6.09. The highest BCUT2D eigenvalue weighted by molar-refractivity contribution is 7.99. The topological polar surface area (TPSA) is 70.5 Å². The largest absolute Gasteiger partial charge is 0.489 e. The molecule has 4 aromatic rings. The van der Waals surface area contributed by atoms with E-state index in [0.717, 1.165) is 42.5 Å². The Morgan fingerprint density at radius 2 is 0.812 bits per heavy atom. The summed E-state index contributed by atoms with van der Waals surface area (Å²) in [6.45, 7) is 0.850. The Hall–Kier alpha value is -3.22. The standard InChI is InChI=1S/C26H24N2O2S2/c27-19-9-1-5-13-23(19)31-25-15-7-3-11-21(25)29-17-18-30-22-12-4-8-16-26(22)32-24-14-6-2-10-20(24)28/h1-16H,17-18,27-28H2. The van der Waals surface area contributed by atoms with E-state index in [1.807, 2.05) is 97.1 Å². The summed E-state index contributed by atoms with van der Waals surface area (Å²) < 4.78 is 12.1. The summed E-state index contributed by atoms with van der Waals surface area (Å²) in [6.07, 6.45) is 0. The van der Waals surface area contributed by atoms with Gasteiger partial charge in [0, 0.05) is 21.2 Å². The Morgan fingerprint density at radius 3 is 1.22 bits per heavy atom. The van der Waals surface area contributed by atoms with Gasteiger partial charge >= 0.3 is 0 Å². The van der Waals surface area contributed by atoms with E-state index in [2.05, 4.69) is 0 Å². The van der Waals surface area contributed by atoms with Crippen molar-refractivity contribution in [3.05, 3.63) is 97.1 Å². The van der Waals surface area contributed by atoms with Gasteiger partial charge in [0.1, 0.15) is 24.7 Å². The first kappa shape index (κ1) is 22.0. The molecule has 4 rings (SSSR count). The molecule has 0 aliphatic heterocycles. The van der Waals surface area contributed by atoms with Crippen LogP contribution in [-0.2, 0) is 0 Å². The fraction of sp³-hybridized carbons (Fsp3) is 0.0769. The smallest absolute Gasteiger partial charge is 0.133 e. The second-order valence-corrected chi connectivity index (χ2v) is 9.04. The van der Waals surface area contributed by atoms with Gasteiger partial charge in [-0.2, -0.15) is 0 Å². The lowest BCUT2D eigenvalue weighted by Gasteiger charge is -2.14. The summed E-state index contributed by atoms with van der Waals surface area (Å²) in [5, 5.41) is 0. The molecule has 0 fully saturated rings. The molecule has 0 spiro atoms. The molecule has 6 heteroatoms. The van der Waals surface area contributed by atoms with Gasteiger partial charge < -0.3 is 20.9 Å². The highest BCUT2D eigenvalue weighted by Crippen LogP contribution is 2.38. The van der Waals surface area contributed by atoms with Gasteiger partial charge in [-0.3, -0.25) is 0 Å². The SMILES string of the molecule is Nc1ccccc1Sc1ccccc1OCCOc1ccccc1Sc1ccccc1N. The van der Waals surface area contributed by atoms with E-state index in [9.17, 15) is 0 Å². The average Bonchev–Trinajstić information content (AvgIpc) is 2.81. The number of nitrogens with two attached hydrogens (primary N) is 2. The average molecular weight is 461 g/mol. The summed E-state index contributed by atoms with van der Waals surface area (Å²) in [7, 11) is 0. The quantitative estimate of drug-likeness (QED) is 0.216. The Balaban J connectivity index is 1.37. The molecule has 4 aromatic carbocycles. The van der Waals surface area contributed by atoms with Crippen LogP contribution in [0.25, 0.3) is 0 Å². The molecule has 0 saturated carbocycles. The van der Waals surface area contributed by atoms with E-state index in [4.69, 9.17) is 20.9 Å². The molecule has 0 radical (unpaired) electrons. The lowest BCUT2D eigenvalue weighted by Crippen LogP contribution is -2.09. The molecule has 4 nitrogen and oxygen atoms in total.